The van der Waals surface area contributed by atoms with E-state index in [1.165, 1.54) is 11.3 Å². The molecular weight excluding hydrogens is 338 g/mol. The van der Waals surface area contributed by atoms with Gasteiger partial charge < -0.3 is 11.1 Å². The van der Waals surface area contributed by atoms with E-state index in [-0.39, 0.29) is 12.3 Å². The summed E-state index contributed by atoms with van der Waals surface area (Å²) >= 11 is 10.5. The molecule has 0 fully saturated rings. The van der Waals surface area contributed by atoms with E-state index in [1.807, 2.05) is 0 Å². The van der Waals surface area contributed by atoms with Gasteiger partial charge in [0.2, 0.25) is 5.91 Å². The maximum atomic E-state index is 11.7. The molecule has 0 unspecified atom stereocenters. The van der Waals surface area contributed by atoms with Crippen LogP contribution in [0.4, 0.5) is 10.8 Å². The number of anilines is 2. The van der Waals surface area contributed by atoms with Gasteiger partial charge in [-0.15, -0.1) is 11.3 Å². The van der Waals surface area contributed by atoms with Crippen molar-refractivity contribution in [2.75, 3.05) is 11.1 Å². The predicted molar refractivity (Wildman–Crippen MR) is 78.0 cm³/mol. The number of aromatic nitrogens is 1. The number of carbonyl (C=O) groups is 1. The minimum absolute atomic E-state index is 0.154. The second-order valence-corrected chi connectivity index (χ2v) is 5.68. The smallest absolute Gasteiger partial charge is 0.230 e. The molecule has 1 aromatic heterocycles. The maximum Gasteiger partial charge on any atom is 0.230 e. The Morgan fingerprint density at radius 2 is 2.33 bits per heavy atom. The summed E-state index contributed by atoms with van der Waals surface area (Å²) < 4.78 is 0.787. The molecule has 94 valence electrons. The lowest BCUT2D eigenvalue weighted by molar-refractivity contribution is -0.115. The number of hydrogen-bond donors (Lipinski definition) is 2. The number of hydrogen-bond acceptors (Lipinski definition) is 4. The largest absolute Gasteiger partial charge is 0.375 e. The van der Waals surface area contributed by atoms with Gasteiger partial charge in [-0.1, -0.05) is 11.6 Å². The Labute approximate surface area is 121 Å². The highest BCUT2D eigenvalue weighted by atomic mass is 79.9. The molecule has 0 aliphatic heterocycles. The number of amides is 1. The topological polar surface area (TPSA) is 68.0 Å². The molecule has 1 aromatic carbocycles. The van der Waals surface area contributed by atoms with Crippen molar-refractivity contribution < 1.29 is 4.79 Å². The fourth-order valence-corrected chi connectivity index (χ4v) is 2.34. The summed E-state index contributed by atoms with van der Waals surface area (Å²) in [6.45, 7) is 0. The minimum Gasteiger partial charge on any atom is -0.375 e. The summed E-state index contributed by atoms with van der Waals surface area (Å²) in [7, 11) is 0. The first-order valence-corrected chi connectivity index (χ1v) is 7.04. The fraction of sp³-hybridized carbons (Fsp3) is 0.0909. The van der Waals surface area contributed by atoms with Crippen LogP contribution in [0.1, 0.15) is 5.69 Å². The van der Waals surface area contributed by atoms with Crippen LogP contribution < -0.4 is 11.1 Å². The van der Waals surface area contributed by atoms with Crippen LogP contribution in [0.3, 0.4) is 0 Å². The Morgan fingerprint density at radius 1 is 1.56 bits per heavy atom. The highest BCUT2D eigenvalue weighted by Crippen LogP contribution is 2.25. The Balaban J connectivity index is 2.00. The molecule has 18 heavy (non-hydrogen) atoms. The van der Waals surface area contributed by atoms with Crippen LogP contribution in [0.15, 0.2) is 28.1 Å². The second-order valence-electron chi connectivity index (χ2n) is 3.53. The molecule has 0 bridgehead atoms. The number of nitrogens with two attached hydrogens (primary N) is 1. The molecule has 7 heteroatoms. The van der Waals surface area contributed by atoms with Crippen LogP contribution in [0, 0.1) is 0 Å². The van der Waals surface area contributed by atoms with Gasteiger partial charge in [-0.3, -0.25) is 4.79 Å². The Morgan fingerprint density at radius 3 is 2.94 bits per heavy atom. The highest BCUT2D eigenvalue weighted by molar-refractivity contribution is 9.10. The molecule has 0 spiro atoms. The first kappa shape index (κ1) is 13.3. The molecule has 0 aliphatic carbocycles. The lowest BCUT2D eigenvalue weighted by atomic mass is 10.3. The van der Waals surface area contributed by atoms with Crippen LogP contribution in [-0.4, -0.2) is 10.9 Å². The summed E-state index contributed by atoms with van der Waals surface area (Å²) in [5, 5.41) is 5.52. The number of carbonyl (C=O) groups excluding carboxylic acids is 1. The summed E-state index contributed by atoms with van der Waals surface area (Å²) in [5.41, 5.74) is 6.81. The van der Waals surface area contributed by atoms with Crippen molar-refractivity contribution >= 4 is 55.6 Å². The van der Waals surface area contributed by atoms with E-state index < -0.39 is 0 Å². The molecule has 0 saturated carbocycles. The average Bonchev–Trinajstić information content (AvgIpc) is 2.69. The standard InChI is InChI=1S/C11H9BrClN3OS/c12-8-2-1-6(3-9(8)13)15-10(17)4-7-5-18-11(14)16-7/h1-3,5H,4H2,(H2,14,16)(H,15,17). The van der Waals surface area contributed by atoms with Crippen molar-refractivity contribution in [2.24, 2.45) is 0 Å². The van der Waals surface area contributed by atoms with E-state index in [9.17, 15) is 4.79 Å². The van der Waals surface area contributed by atoms with Gasteiger partial charge in [0.15, 0.2) is 5.13 Å². The van der Waals surface area contributed by atoms with E-state index in [1.54, 1.807) is 23.6 Å². The van der Waals surface area contributed by atoms with Crippen molar-refractivity contribution in [3.05, 3.63) is 38.8 Å². The predicted octanol–water partition coefficient (Wildman–Crippen LogP) is 3.32. The van der Waals surface area contributed by atoms with Crippen LogP contribution >= 0.6 is 38.9 Å². The van der Waals surface area contributed by atoms with Gasteiger partial charge in [0, 0.05) is 15.5 Å². The lowest BCUT2D eigenvalue weighted by Crippen LogP contribution is -2.14. The molecule has 0 radical (unpaired) electrons. The fourth-order valence-electron chi connectivity index (χ4n) is 1.35. The number of nitrogens with zero attached hydrogens (tertiary/aromatic N) is 1. The molecule has 2 rings (SSSR count). The number of nitrogens with one attached hydrogen (secondary N) is 1. The number of rotatable bonds is 3. The second kappa shape index (κ2) is 5.69. The third-order valence-electron chi connectivity index (χ3n) is 2.11. The van der Waals surface area contributed by atoms with Gasteiger partial charge in [-0.2, -0.15) is 0 Å². The van der Waals surface area contributed by atoms with Crippen LogP contribution in [-0.2, 0) is 11.2 Å². The first-order valence-electron chi connectivity index (χ1n) is 4.99. The number of benzene rings is 1. The van der Waals surface area contributed by atoms with E-state index in [2.05, 4.69) is 26.2 Å². The number of thiazole rings is 1. The third-order valence-corrected chi connectivity index (χ3v) is 4.07. The van der Waals surface area contributed by atoms with Crippen molar-refractivity contribution in [3.63, 3.8) is 0 Å². The van der Waals surface area contributed by atoms with Gasteiger partial charge in [0.05, 0.1) is 17.1 Å². The molecule has 0 aliphatic rings. The number of halogens is 2. The van der Waals surface area contributed by atoms with Crippen LogP contribution in [0.25, 0.3) is 0 Å². The first-order chi connectivity index (χ1) is 8.54. The molecule has 0 saturated heterocycles. The van der Waals surface area contributed by atoms with Gasteiger partial charge in [-0.05, 0) is 34.1 Å². The molecule has 1 heterocycles. The zero-order valence-electron chi connectivity index (χ0n) is 9.11. The van der Waals surface area contributed by atoms with Crippen molar-refractivity contribution in [1.29, 1.82) is 0 Å². The highest BCUT2D eigenvalue weighted by Gasteiger charge is 2.08. The zero-order valence-corrected chi connectivity index (χ0v) is 12.3. The summed E-state index contributed by atoms with van der Waals surface area (Å²) in [6.07, 6.45) is 0.196. The summed E-state index contributed by atoms with van der Waals surface area (Å²) in [4.78, 5) is 15.8. The molecule has 0 atom stereocenters. The molecule has 2 aromatic rings. The summed E-state index contributed by atoms with van der Waals surface area (Å²) in [5.74, 6) is -0.154. The average molecular weight is 347 g/mol. The van der Waals surface area contributed by atoms with E-state index >= 15 is 0 Å². The van der Waals surface area contributed by atoms with Crippen LogP contribution in [0.2, 0.25) is 5.02 Å². The van der Waals surface area contributed by atoms with Crippen molar-refractivity contribution in [2.45, 2.75) is 6.42 Å². The van der Waals surface area contributed by atoms with E-state index in [0.29, 0.717) is 21.5 Å². The zero-order chi connectivity index (χ0) is 13.1. The third kappa shape index (κ3) is 3.44. The van der Waals surface area contributed by atoms with Crippen molar-refractivity contribution in [3.8, 4) is 0 Å². The minimum atomic E-state index is -0.154. The number of nitrogen functional groups attached to an aromatic ring is 1. The summed E-state index contributed by atoms with van der Waals surface area (Å²) in [6, 6.07) is 5.22. The lowest BCUT2D eigenvalue weighted by Gasteiger charge is -2.05. The van der Waals surface area contributed by atoms with Gasteiger partial charge in [0.25, 0.3) is 0 Å². The van der Waals surface area contributed by atoms with E-state index in [4.69, 9.17) is 17.3 Å². The molecular formula is C11H9BrClN3OS. The monoisotopic (exact) mass is 345 g/mol. The van der Waals surface area contributed by atoms with Crippen LogP contribution in [0.5, 0.6) is 0 Å². The normalized spacial score (nSPS) is 10.3. The van der Waals surface area contributed by atoms with Gasteiger partial charge in [0.1, 0.15) is 0 Å². The molecule has 4 nitrogen and oxygen atoms in total. The molecule has 3 N–H and O–H groups in total. The van der Waals surface area contributed by atoms with Crippen molar-refractivity contribution in [1.82, 2.24) is 4.98 Å². The quantitative estimate of drug-likeness (QED) is 0.896. The Bertz CT molecular complexity index is 587. The Hall–Kier alpha value is -1.11. The SMILES string of the molecule is Nc1nc(CC(=O)Nc2ccc(Br)c(Cl)c2)cs1. The maximum absolute atomic E-state index is 11.7. The van der Waals surface area contributed by atoms with E-state index in [0.717, 1.165) is 4.47 Å². The van der Waals surface area contributed by atoms with Gasteiger partial charge >= 0.3 is 0 Å². The Kier molecular flexibility index (Phi) is 4.21. The van der Waals surface area contributed by atoms with Gasteiger partial charge in [-0.25, -0.2) is 4.98 Å². The molecule has 1 amide bonds.